The Labute approximate surface area is 90.9 Å². The Morgan fingerprint density at radius 3 is 3.00 bits per heavy atom. The van der Waals surface area contributed by atoms with Gasteiger partial charge in [0.2, 0.25) is 0 Å². The van der Waals surface area contributed by atoms with Gasteiger partial charge in [-0.3, -0.25) is 0 Å². The van der Waals surface area contributed by atoms with E-state index in [9.17, 15) is 4.79 Å². The Hall–Kier alpha value is -0.810. The van der Waals surface area contributed by atoms with Gasteiger partial charge < -0.3 is 20.7 Å². The highest BCUT2D eigenvalue weighted by Gasteiger charge is 2.32. The first-order chi connectivity index (χ1) is 7.11. The predicted molar refractivity (Wildman–Crippen MR) is 58.7 cm³/mol. The number of amides is 2. The normalized spacial score (nSPS) is 26.5. The highest BCUT2D eigenvalue weighted by Crippen LogP contribution is 2.15. The van der Waals surface area contributed by atoms with Crippen LogP contribution in [0.3, 0.4) is 0 Å². The van der Waals surface area contributed by atoms with Crippen LogP contribution in [0, 0.1) is 0 Å². The number of ether oxygens (including phenoxy) is 1. The molecule has 1 fully saturated rings. The number of urea groups is 1. The molecule has 0 aliphatic carbocycles. The Kier molecular flexibility index (Phi) is 4.35. The summed E-state index contributed by atoms with van der Waals surface area (Å²) in [4.78, 5) is 13.4. The number of carbonyl (C=O) groups excluding carboxylic acids is 1. The lowest BCUT2D eigenvalue weighted by Gasteiger charge is -2.39. The molecule has 1 aliphatic rings. The second-order valence-electron chi connectivity index (χ2n) is 4.16. The molecule has 1 saturated heterocycles. The van der Waals surface area contributed by atoms with Crippen molar-refractivity contribution in [2.45, 2.75) is 25.9 Å². The van der Waals surface area contributed by atoms with Gasteiger partial charge in [-0.1, -0.05) is 6.92 Å². The van der Waals surface area contributed by atoms with Crippen molar-refractivity contribution in [3.8, 4) is 0 Å². The molecule has 0 bridgehead atoms. The molecule has 3 N–H and O–H groups in total. The smallest absolute Gasteiger partial charge is 0.317 e. The van der Waals surface area contributed by atoms with Crippen LogP contribution in [0.4, 0.5) is 4.79 Å². The van der Waals surface area contributed by atoms with E-state index in [1.165, 1.54) is 0 Å². The zero-order valence-corrected chi connectivity index (χ0v) is 9.58. The van der Waals surface area contributed by atoms with E-state index in [4.69, 9.17) is 10.5 Å². The molecule has 0 spiro atoms. The van der Waals surface area contributed by atoms with Gasteiger partial charge >= 0.3 is 6.03 Å². The van der Waals surface area contributed by atoms with Crippen molar-refractivity contribution >= 4 is 6.03 Å². The SMILES string of the molecule is CCCNC(=O)N1CCOC(C)(CN)C1. The van der Waals surface area contributed by atoms with Crippen LogP contribution in [0.25, 0.3) is 0 Å². The molecule has 5 heteroatoms. The first-order valence-corrected chi connectivity index (χ1v) is 5.48. The summed E-state index contributed by atoms with van der Waals surface area (Å²) >= 11 is 0. The van der Waals surface area contributed by atoms with Crippen LogP contribution in [0.2, 0.25) is 0 Å². The van der Waals surface area contributed by atoms with Crippen LogP contribution in [0.1, 0.15) is 20.3 Å². The quantitative estimate of drug-likeness (QED) is 0.704. The van der Waals surface area contributed by atoms with Crippen molar-refractivity contribution in [3.05, 3.63) is 0 Å². The van der Waals surface area contributed by atoms with Crippen molar-refractivity contribution in [3.63, 3.8) is 0 Å². The molecule has 0 saturated carbocycles. The van der Waals surface area contributed by atoms with Gasteiger partial charge in [0, 0.05) is 19.6 Å². The topological polar surface area (TPSA) is 67.6 Å². The molecule has 88 valence electrons. The second kappa shape index (κ2) is 5.32. The third kappa shape index (κ3) is 3.35. The van der Waals surface area contributed by atoms with Crippen molar-refractivity contribution < 1.29 is 9.53 Å². The monoisotopic (exact) mass is 215 g/mol. The van der Waals surface area contributed by atoms with E-state index in [0.29, 0.717) is 26.2 Å². The van der Waals surface area contributed by atoms with Gasteiger partial charge in [-0.25, -0.2) is 4.79 Å². The molecule has 1 aliphatic heterocycles. The molecular weight excluding hydrogens is 194 g/mol. The van der Waals surface area contributed by atoms with E-state index in [-0.39, 0.29) is 11.6 Å². The Morgan fingerprint density at radius 1 is 1.67 bits per heavy atom. The summed E-state index contributed by atoms with van der Waals surface area (Å²) in [7, 11) is 0. The maximum Gasteiger partial charge on any atom is 0.317 e. The fraction of sp³-hybridized carbons (Fsp3) is 0.900. The molecule has 1 heterocycles. The standard InChI is InChI=1S/C10H21N3O2/c1-3-4-12-9(14)13-5-6-15-10(2,7-11)8-13/h3-8,11H2,1-2H3,(H,12,14). The van der Waals surface area contributed by atoms with Crippen LogP contribution in [-0.4, -0.2) is 49.3 Å². The molecule has 1 atom stereocenters. The fourth-order valence-electron chi connectivity index (χ4n) is 1.57. The van der Waals surface area contributed by atoms with Crippen LogP contribution in [-0.2, 0) is 4.74 Å². The van der Waals surface area contributed by atoms with E-state index in [0.717, 1.165) is 13.0 Å². The molecule has 1 rings (SSSR count). The van der Waals surface area contributed by atoms with Crippen LogP contribution in [0.5, 0.6) is 0 Å². The Bertz CT molecular complexity index is 223. The average molecular weight is 215 g/mol. The van der Waals surface area contributed by atoms with Crippen molar-refractivity contribution in [1.82, 2.24) is 10.2 Å². The summed E-state index contributed by atoms with van der Waals surface area (Å²) in [5.74, 6) is 0. The van der Waals surface area contributed by atoms with E-state index < -0.39 is 0 Å². The minimum Gasteiger partial charge on any atom is -0.370 e. The van der Waals surface area contributed by atoms with Crippen molar-refractivity contribution in [1.29, 1.82) is 0 Å². The highest BCUT2D eigenvalue weighted by molar-refractivity contribution is 5.74. The summed E-state index contributed by atoms with van der Waals surface area (Å²) in [6, 6.07) is -0.0141. The lowest BCUT2D eigenvalue weighted by molar-refractivity contribution is -0.0791. The van der Waals surface area contributed by atoms with Gasteiger partial charge in [-0.2, -0.15) is 0 Å². The number of hydrogen-bond acceptors (Lipinski definition) is 3. The van der Waals surface area contributed by atoms with Crippen molar-refractivity contribution in [2.75, 3.05) is 32.8 Å². The van der Waals surface area contributed by atoms with Gasteiger partial charge in [0.1, 0.15) is 0 Å². The summed E-state index contributed by atoms with van der Waals surface area (Å²) in [5.41, 5.74) is 5.23. The van der Waals surface area contributed by atoms with Gasteiger partial charge in [-0.15, -0.1) is 0 Å². The van der Waals surface area contributed by atoms with Crippen LogP contribution >= 0.6 is 0 Å². The summed E-state index contributed by atoms with van der Waals surface area (Å²) < 4.78 is 5.55. The van der Waals surface area contributed by atoms with E-state index >= 15 is 0 Å². The summed E-state index contributed by atoms with van der Waals surface area (Å²) in [6.45, 7) is 6.90. The Morgan fingerprint density at radius 2 is 2.40 bits per heavy atom. The molecule has 0 radical (unpaired) electrons. The number of morpholine rings is 1. The molecule has 5 nitrogen and oxygen atoms in total. The van der Waals surface area contributed by atoms with Crippen LogP contribution in [0.15, 0.2) is 0 Å². The zero-order valence-electron chi connectivity index (χ0n) is 9.58. The molecule has 1 unspecified atom stereocenters. The predicted octanol–water partition coefficient (Wildman–Crippen LogP) is 0.156. The van der Waals surface area contributed by atoms with Gasteiger partial charge in [0.15, 0.2) is 0 Å². The molecule has 15 heavy (non-hydrogen) atoms. The van der Waals surface area contributed by atoms with Crippen molar-refractivity contribution in [2.24, 2.45) is 5.73 Å². The van der Waals surface area contributed by atoms with Gasteiger partial charge in [-0.05, 0) is 13.3 Å². The van der Waals surface area contributed by atoms with Gasteiger partial charge in [0.25, 0.3) is 0 Å². The molecule has 2 amide bonds. The number of nitrogens with two attached hydrogens (primary N) is 1. The molecule has 0 aromatic rings. The number of hydrogen-bond donors (Lipinski definition) is 2. The largest absolute Gasteiger partial charge is 0.370 e. The lowest BCUT2D eigenvalue weighted by Crippen LogP contribution is -2.57. The number of rotatable bonds is 3. The first kappa shape index (κ1) is 12.3. The molecular formula is C10H21N3O2. The summed E-state index contributed by atoms with van der Waals surface area (Å²) in [5, 5.41) is 2.85. The highest BCUT2D eigenvalue weighted by atomic mass is 16.5. The average Bonchev–Trinajstić information content (AvgIpc) is 2.26. The first-order valence-electron chi connectivity index (χ1n) is 5.48. The van der Waals surface area contributed by atoms with E-state index in [2.05, 4.69) is 5.32 Å². The minimum atomic E-state index is -0.387. The van der Waals surface area contributed by atoms with E-state index in [1.54, 1.807) is 4.90 Å². The zero-order chi connectivity index (χ0) is 11.3. The number of carbonyl (C=O) groups is 1. The minimum absolute atomic E-state index is 0.0141. The third-order valence-corrected chi connectivity index (χ3v) is 2.58. The number of nitrogens with zero attached hydrogens (tertiary/aromatic N) is 1. The Balaban J connectivity index is 2.45. The third-order valence-electron chi connectivity index (χ3n) is 2.58. The van der Waals surface area contributed by atoms with Crippen LogP contribution < -0.4 is 11.1 Å². The molecule has 0 aromatic heterocycles. The fourth-order valence-corrected chi connectivity index (χ4v) is 1.57. The lowest BCUT2D eigenvalue weighted by atomic mass is 10.1. The second-order valence-corrected chi connectivity index (χ2v) is 4.16. The maximum atomic E-state index is 11.7. The maximum absolute atomic E-state index is 11.7. The molecule has 0 aromatic carbocycles. The van der Waals surface area contributed by atoms with E-state index in [1.807, 2.05) is 13.8 Å². The summed E-state index contributed by atoms with van der Waals surface area (Å²) in [6.07, 6.45) is 0.949. The number of nitrogens with one attached hydrogen (secondary N) is 1. The van der Waals surface area contributed by atoms with Gasteiger partial charge in [0.05, 0.1) is 18.8 Å².